The van der Waals surface area contributed by atoms with Gasteiger partial charge in [-0.1, -0.05) is 11.6 Å². The number of hydrogen-bond acceptors (Lipinski definition) is 6. The maximum absolute atomic E-state index is 13.2. The molecule has 0 aliphatic rings. The summed E-state index contributed by atoms with van der Waals surface area (Å²) in [6, 6.07) is 11.2. The molecule has 3 aromatic rings. The van der Waals surface area contributed by atoms with Gasteiger partial charge >= 0.3 is 5.97 Å². The number of carbonyl (C=O) groups is 2. The third-order valence-corrected chi connectivity index (χ3v) is 6.13. The number of esters is 1. The maximum atomic E-state index is 13.2. The fourth-order valence-electron chi connectivity index (χ4n) is 2.77. The van der Waals surface area contributed by atoms with E-state index >= 15 is 0 Å². The Labute approximate surface area is 194 Å². The molecule has 3 rings (SSSR count). The van der Waals surface area contributed by atoms with Gasteiger partial charge in [0.2, 0.25) is 10.0 Å². The molecular formula is C21H20ClFN4O5S. The topological polar surface area (TPSA) is 119 Å². The number of halogens is 2. The minimum Gasteiger partial charge on any atom is -0.454 e. The Hall–Kier alpha value is -3.28. The third-order valence-electron chi connectivity index (χ3n) is 4.33. The van der Waals surface area contributed by atoms with Crippen LogP contribution in [0.1, 0.15) is 12.6 Å². The predicted octanol–water partition coefficient (Wildman–Crippen LogP) is 2.82. The summed E-state index contributed by atoms with van der Waals surface area (Å²) in [5.74, 6) is -1.73. The highest BCUT2D eigenvalue weighted by Crippen LogP contribution is 2.18. The number of aromatic nitrogens is 2. The van der Waals surface area contributed by atoms with Gasteiger partial charge in [0.25, 0.3) is 5.91 Å². The molecule has 1 heterocycles. The van der Waals surface area contributed by atoms with E-state index in [-0.39, 0.29) is 10.7 Å². The van der Waals surface area contributed by atoms with Gasteiger partial charge in [0.1, 0.15) is 17.7 Å². The van der Waals surface area contributed by atoms with Crippen LogP contribution in [0.15, 0.2) is 59.5 Å². The van der Waals surface area contributed by atoms with Crippen molar-refractivity contribution >= 4 is 39.3 Å². The quantitative estimate of drug-likeness (QED) is 0.465. The number of nitrogens with one attached hydrogen (secondary N) is 2. The van der Waals surface area contributed by atoms with Crippen molar-refractivity contribution in [2.24, 2.45) is 0 Å². The normalized spacial score (nSPS) is 12.2. The van der Waals surface area contributed by atoms with Crippen LogP contribution >= 0.6 is 11.6 Å². The van der Waals surface area contributed by atoms with Crippen LogP contribution in [0, 0.1) is 12.7 Å². The SMILES string of the molecule is Cc1cc(NC(=O)COC(=O)[C@H](C)NS(=O)(=O)c2ccc(Cl)cc2)n(-c2ccc(F)cc2)n1. The Morgan fingerprint density at radius 3 is 2.42 bits per heavy atom. The highest BCUT2D eigenvalue weighted by atomic mass is 35.5. The molecule has 0 bridgehead atoms. The molecule has 174 valence electrons. The Balaban J connectivity index is 1.58. The standard InChI is InChI=1S/C21H20ClFN4O5S/c1-13-11-19(27(25-13)17-7-5-16(23)6-8-17)24-20(28)12-32-21(29)14(2)26-33(30,31)18-9-3-15(22)4-10-18/h3-11,14,26H,12H2,1-2H3,(H,24,28)/t14-/m0/s1. The van der Waals surface area contributed by atoms with Gasteiger partial charge in [0, 0.05) is 11.1 Å². The van der Waals surface area contributed by atoms with Gasteiger partial charge in [-0.2, -0.15) is 9.82 Å². The van der Waals surface area contributed by atoms with Crippen LogP contribution in [0.4, 0.5) is 10.2 Å². The fraction of sp³-hybridized carbons (Fsp3) is 0.190. The zero-order valence-electron chi connectivity index (χ0n) is 17.6. The van der Waals surface area contributed by atoms with E-state index in [2.05, 4.69) is 15.1 Å². The maximum Gasteiger partial charge on any atom is 0.324 e. The van der Waals surface area contributed by atoms with Crippen LogP contribution in [0.5, 0.6) is 0 Å². The van der Waals surface area contributed by atoms with Crippen molar-refractivity contribution in [3.05, 3.63) is 71.1 Å². The van der Waals surface area contributed by atoms with Crippen molar-refractivity contribution in [2.75, 3.05) is 11.9 Å². The first kappa shape index (κ1) is 24.4. The Kier molecular flexibility index (Phi) is 7.46. The predicted molar refractivity (Wildman–Crippen MR) is 119 cm³/mol. The lowest BCUT2D eigenvalue weighted by Crippen LogP contribution is -2.40. The highest BCUT2D eigenvalue weighted by Gasteiger charge is 2.24. The average molecular weight is 495 g/mol. The molecule has 33 heavy (non-hydrogen) atoms. The number of hydrogen-bond donors (Lipinski definition) is 2. The van der Waals surface area contributed by atoms with Crippen molar-refractivity contribution in [1.29, 1.82) is 0 Å². The second-order valence-electron chi connectivity index (χ2n) is 7.01. The van der Waals surface area contributed by atoms with E-state index in [1.165, 1.54) is 60.1 Å². The van der Waals surface area contributed by atoms with Crippen LogP contribution in [-0.2, 0) is 24.3 Å². The summed E-state index contributed by atoms with van der Waals surface area (Å²) in [5, 5.41) is 7.17. The number of amides is 1. The summed E-state index contributed by atoms with van der Waals surface area (Å²) < 4.78 is 46.4. The monoisotopic (exact) mass is 494 g/mol. The zero-order chi connectivity index (χ0) is 24.2. The number of rotatable bonds is 8. The molecule has 0 aliphatic carbocycles. The Morgan fingerprint density at radius 2 is 1.79 bits per heavy atom. The zero-order valence-corrected chi connectivity index (χ0v) is 19.2. The van der Waals surface area contributed by atoms with Crippen molar-refractivity contribution in [1.82, 2.24) is 14.5 Å². The van der Waals surface area contributed by atoms with E-state index in [1.807, 2.05) is 0 Å². The summed E-state index contributed by atoms with van der Waals surface area (Å²) in [5.41, 5.74) is 1.11. The van der Waals surface area contributed by atoms with Crippen molar-refractivity contribution in [3.8, 4) is 5.69 Å². The molecule has 2 aromatic carbocycles. The fourth-order valence-corrected chi connectivity index (χ4v) is 4.09. The number of sulfonamides is 1. The van der Waals surface area contributed by atoms with Gasteiger partial charge in [-0.25, -0.2) is 17.5 Å². The van der Waals surface area contributed by atoms with E-state index in [0.29, 0.717) is 16.4 Å². The number of benzene rings is 2. The summed E-state index contributed by atoms with van der Waals surface area (Å²) >= 11 is 5.75. The first-order valence-corrected chi connectivity index (χ1v) is 11.5. The minimum atomic E-state index is -3.99. The summed E-state index contributed by atoms with van der Waals surface area (Å²) in [6.07, 6.45) is 0. The van der Waals surface area contributed by atoms with E-state index in [0.717, 1.165) is 0 Å². The molecule has 1 amide bonds. The summed E-state index contributed by atoms with van der Waals surface area (Å²) in [4.78, 5) is 24.4. The summed E-state index contributed by atoms with van der Waals surface area (Å²) in [6.45, 7) is 2.35. The molecule has 0 saturated carbocycles. The molecule has 0 unspecified atom stereocenters. The van der Waals surface area contributed by atoms with Gasteiger partial charge < -0.3 is 10.1 Å². The number of ether oxygens (including phenoxy) is 1. The van der Waals surface area contributed by atoms with Crippen LogP contribution in [0.25, 0.3) is 5.69 Å². The molecule has 2 N–H and O–H groups in total. The number of nitrogens with zero attached hydrogens (tertiary/aromatic N) is 2. The molecular weight excluding hydrogens is 475 g/mol. The molecule has 0 fully saturated rings. The molecule has 1 atom stereocenters. The van der Waals surface area contributed by atoms with E-state index in [4.69, 9.17) is 16.3 Å². The summed E-state index contributed by atoms with van der Waals surface area (Å²) in [7, 11) is -3.99. The third kappa shape index (κ3) is 6.37. The van der Waals surface area contributed by atoms with Crippen LogP contribution in [0.3, 0.4) is 0 Å². The highest BCUT2D eigenvalue weighted by molar-refractivity contribution is 7.89. The van der Waals surface area contributed by atoms with Gasteiger partial charge in [-0.15, -0.1) is 0 Å². The molecule has 0 radical (unpaired) electrons. The van der Waals surface area contributed by atoms with Crippen molar-refractivity contribution < 1.29 is 27.1 Å². The van der Waals surface area contributed by atoms with Crippen molar-refractivity contribution in [3.63, 3.8) is 0 Å². The first-order valence-electron chi connectivity index (χ1n) is 9.62. The lowest BCUT2D eigenvalue weighted by molar-refractivity contribution is -0.148. The van der Waals surface area contributed by atoms with E-state index in [9.17, 15) is 22.4 Å². The molecule has 0 spiro atoms. The largest absolute Gasteiger partial charge is 0.454 e. The first-order chi connectivity index (χ1) is 15.5. The van der Waals surface area contributed by atoms with Gasteiger partial charge in [0.15, 0.2) is 6.61 Å². The second-order valence-corrected chi connectivity index (χ2v) is 9.16. The smallest absolute Gasteiger partial charge is 0.324 e. The Morgan fingerprint density at radius 1 is 1.15 bits per heavy atom. The van der Waals surface area contributed by atoms with Crippen molar-refractivity contribution in [2.45, 2.75) is 24.8 Å². The minimum absolute atomic E-state index is 0.0753. The number of carbonyl (C=O) groups excluding carboxylic acids is 2. The molecule has 0 aliphatic heterocycles. The van der Waals surface area contributed by atoms with E-state index in [1.54, 1.807) is 13.0 Å². The van der Waals surface area contributed by atoms with Gasteiger partial charge in [-0.05, 0) is 62.4 Å². The van der Waals surface area contributed by atoms with Gasteiger partial charge in [0.05, 0.1) is 16.3 Å². The molecule has 12 heteroatoms. The Bertz CT molecular complexity index is 1260. The van der Waals surface area contributed by atoms with E-state index < -0.39 is 40.4 Å². The average Bonchev–Trinajstić information content (AvgIpc) is 3.12. The molecule has 1 aromatic heterocycles. The lowest BCUT2D eigenvalue weighted by Gasteiger charge is -2.14. The second kappa shape index (κ2) is 10.1. The van der Waals surface area contributed by atoms with Crippen LogP contribution < -0.4 is 10.0 Å². The molecule has 0 saturated heterocycles. The van der Waals surface area contributed by atoms with Crippen LogP contribution in [0.2, 0.25) is 5.02 Å². The van der Waals surface area contributed by atoms with Gasteiger partial charge in [-0.3, -0.25) is 9.59 Å². The lowest BCUT2D eigenvalue weighted by atomic mass is 10.3. The number of anilines is 1. The molecule has 9 nitrogen and oxygen atoms in total. The number of aryl methyl sites for hydroxylation is 1. The van der Waals surface area contributed by atoms with Crippen LogP contribution in [-0.4, -0.2) is 42.7 Å².